The van der Waals surface area contributed by atoms with Crippen molar-refractivity contribution in [2.45, 2.75) is 56.7 Å². The third-order valence-electron chi connectivity index (χ3n) is 6.18. The summed E-state index contributed by atoms with van der Waals surface area (Å²) in [6.45, 7) is 2.54. The average Bonchev–Trinajstić information content (AvgIpc) is 3.31. The zero-order chi connectivity index (χ0) is 25.5. The molecule has 0 saturated carbocycles. The lowest BCUT2D eigenvalue weighted by Crippen LogP contribution is -2.45. The normalized spacial score (nSPS) is 18.1. The molecule has 1 fully saturated rings. The van der Waals surface area contributed by atoms with Crippen LogP contribution in [0.5, 0.6) is 0 Å². The molecule has 0 bridgehead atoms. The zero-order valence-corrected chi connectivity index (χ0v) is 21.0. The maximum absolute atomic E-state index is 14.7. The zero-order valence-electron chi connectivity index (χ0n) is 20.1. The highest BCUT2D eigenvalue weighted by atomic mass is 32.1. The Bertz CT molecular complexity index is 1150. The highest BCUT2D eigenvalue weighted by Crippen LogP contribution is 2.31. The van der Waals surface area contributed by atoms with Crippen LogP contribution in [0.25, 0.3) is 0 Å². The summed E-state index contributed by atoms with van der Waals surface area (Å²) in [6, 6.07) is 11.6. The summed E-state index contributed by atoms with van der Waals surface area (Å²) in [6.07, 6.45) is 5.27. The van der Waals surface area contributed by atoms with E-state index in [0.717, 1.165) is 42.2 Å². The Kier molecular flexibility index (Phi) is 8.88. The van der Waals surface area contributed by atoms with Gasteiger partial charge in [-0.25, -0.2) is 23.5 Å². The number of carbonyl (C=O) groups is 1. The lowest BCUT2D eigenvalue weighted by molar-refractivity contribution is 0.0665. The van der Waals surface area contributed by atoms with Crippen molar-refractivity contribution in [3.05, 3.63) is 95.1 Å². The smallest absolute Gasteiger partial charge is 0.411 e. The summed E-state index contributed by atoms with van der Waals surface area (Å²) in [5, 5.41) is 3.47. The molecule has 1 N–H and O–H groups in total. The van der Waals surface area contributed by atoms with Crippen molar-refractivity contribution in [3.8, 4) is 0 Å². The molecule has 2 aromatic carbocycles. The molecular weight excluding hydrogens is 482 g/mol. The van der Waals surface area contributed by atoms with E-state index in [2.05, 4.69) is 34.8 Å². The molecular formula is C27H30F2N4O2S. The van der Waals surface area contributed by atoms with Gasteiger partial charge >= 0.3 is 6.09 Å². The Morgan fingerprint density at radius 1 is 1.17 bits per heavy atom. The third kappa shape index (κ3) is 6.59. The monoisotopic (exact) mass is 512 g/mol. The number of benzene rings is 2. The molecule has 1 unspecified atom stereocenters. The van der Waals surface area contributed by atoms with Gasteiger partial charge in [0.15, 0.2) is 5.82 Å². The predicted octanol–water partition coefficient (Wildman–Crippen LogP) is 5.25. The van der Waals surface area contributed by atoms with Crippen LogP contribution in [-0.2, 0) is 24.3 Å². The lowest BCUT2D eigenvalue weighted by Gasteiger charge is -2.34. The van der Waals surface area contributed by atoms with E-state index in [1.165, 1.54) is 4.90 Å². The molecule has 0 radical (unpaired) electrons. The maximum Gasteiger partial charge on any atom is 0.411 e. The molecule has 1 saturated heterocycles. The second-order valence-corrected chi connectivity index (χ2v) is 9.68. The topological polar surface area (TPSA) is 67.4 Å². The summed E-state index contributed by atoms with van der Waals surface area (Å²) < 4.78 is 34.3. The van der Waals surface area contributed by atoms with Crippen molar-refractivity contribution in [3.63, 3.8) is 0 Å². The van der Waals surface area contributed by atoms with Crippen molar-refractivity contribution in [1.82, 2.24) is 20.2 Å². The molecule has 3 aromatic rings. The molecule has 0 aliphatic carbocycles. The highest BCUT2D eigenvalue weighted by Gasteiger charge is 2.39. The number of amides is 1. The second kappa shape index (κ2) is 12.3. The van der Waals surface area contributed by atoms with E-state index in [1.54, 1.807) is 12.4 Å². The molecule has 190 valence electrons. The van der Waals surface area contributed by atoms with Crippen molar-refractivity contribution in [2.24, 2.45) is 0 Å². The first-order chi connectivity index (χ1) is 17.4. The van der Waals surface area contributed by atoms with Gasteiger partial charge in [0.1, 0.15) is 24.3 Å². The van der Waals surface area contributed by atoms with Crippen molar-refractivity contribution in [2.75, 3.05) is 6.54 Å². The van der Waals surface area contributed by atoms with Crippen LogP contribution in [0.2, 0.25) is 0 Å². The number of nitrogens with one attached hydrogen (secondary N) is 1. The minimum absolute atomic E-state index is 0.0398. The molecule has 6 nitrogen and oxygen atoms in total. The molecule has 36 heavy (non-hydrogen) atoms. The highest BCUT2D eigenvalue weighted by molar-refractivity contribution is 7.81. The summed E-state index contributed by atoms with van der Waals surface area (Å²) in [5.74, 6) is -0.792. The fraction of sp³-hybridized carbons (Fsp3) is 0.370. The molecule has 1 aromatic heterocycles. The fourth-order valence-corrected chi connectivity index (χ4v) is 4.72. The quantitative estimate of drug-likeness (QED) is 0.384. The van der Waals surface area contributed by atoms with E-state index in [4.69, 9.17) is 4.74 Å². The summed E-state index contributed by atoms with van der Waals surface area (Å²) in [7, 11) is 0. The van der Waals surface area contributed by atoms with Crippen LogP contribution < -0.4 is 5.32 Å². The Hall–Kier alpha value is -3.04. The molecule has 4 rings (SSSR count). The van der Waals surface area contributed by atoms with E-state index >= 15 is 0 Å². The summed E-state index contributed by atoms with van der Waals surface area (Å²) in [5.41, 5.74) is 1.84. The number of aryl methyl sites for hydroxylation is 1. The van der Waals surface area contributed by atoms with Crippen LogP contribution >= 0.6 is 12.6 Å². The number of carbonyl (C=O) groups excluding carboxylic acids is 1. The SMILES string of the molecule is CCCc1cnc(C([C@@H]2C[C@@H](S)CN2)N(Cc2cc(F)ccc2F)C(=O)OCc2ccccc2)nc1. The number of rotatable bonds is 9. The Labute approximate surface area is 215 Å². The van der Waals surface area contributed by atoms with E-state index in [9.17, 15) is 13.6 Å². The van der Waals surface area contributed by atoms with Crippen LogP contribution in [-0.4, -0.2) is 38.8 Å². The summed E-state index contributed by atoms with van der Waals surface area (Å²) in [4.78, 5) is 24.1. The summed E-state index contributed by atoms with van der Waals surface area (Å²) >= 11 is 4.59. The number of aromatic nitrogens is 2. The molecule has 1 aliphatic rings. The Balaban J connectivity index is 1.69. The number of thiol groups is 1. The van der Waals surface area contributed by atoms with Crippen LogP contribution in [0.4, 0.5) is 13.6 Å². The Morgan fingerprint density at radius 3 is 2.58 bits per heavy atom. The number of ether oxygens (including phenoxy) is 1. The van der Waals surface area contributed by atoms with Crippen LogP contribution in [0.15, 0.2) is 60.9 Å². The third-order valence-corrected chi connectivity index (χ3v) is 6.57. The minimum atomic E-state index is -0.677. The van der Waals surface area contributed by atoms with E-state index in [-0.39, 0.29) is 30.0 Å². The van der Waals surface area contributed by atoms with Crippen molar-refractivity contribution < 1.29 is 18.3 Å². The fourth-order valence-electron chi connectivity index (χ4n) is 4.39. The second-order valence-electron chi connectivity index (χ2n) is 8.95. The first kappa shape index (κ1) is 26.0. The van der Waals surface area contributed by atoms with Crippen LogP contribution in [0.3, 0.4) is 0 Å². The minimum Gasteiger partial charge on any atom is -0.445 e. The van der Waals surface area contributed by atoms with Gasteiger partial charge in [-0.05, 0) is 42.2 Å². The number of nitrogens with zero attached hydrogens (tertiary/aromatic N) is 3. The molecule has 1 aliphatic heterocycles. The van der Waals surface area contributed by atoms with Gasteiger partial charge in [0.2, 0.25) is 0 Å². The van der Waals surface area contributed by atoms with Crippen LogP contribution in [0.1, 0.15) is 48.3 Å². The Morgan fingerprint density at radius 2 is 1.92 bits per heavy atom. The maximum atomic E-state index is 14.7. The molecule has 9 heteroatoms. The number of halogens is 2. The van der Waals surface area contributed by atoms with Gasteiger partial charge in [0.05, 0.1) is 6.54 Å². The molecule has 1 amide bonds. The lowest BCUT2D eigenvalue weighted by atomic mass is 10.0. The van der Waals surface area contributed by atoms with E-state index in [1.807, 2.05) is 30.3 Å². The largest absolute Gasteiger partial charge is 0.445 e. The van der Waals surface area contributed by atoms with Gasteiger partial charge in [0.25, 0.3) is 0 Å². The molecule has 0 spiro atoms. The van der Waals surface area contributed by atoms with Gasteiger partial charge in [-0.1, -0.05) is 43.7 Å². The number of hydrogen-bond donors (Lipinski definition) is 2. The van der Waals surface area contributed by atoms with Gasteiger partial charge in [-0.2, -0.15) is 12.6 Å². The van der Waals surface area contributed by atoms with E-state index < -0.39 is 23.8 Å². The molecule has 2 heterocycles. The average molecular weight is 513 g/mol. The van der Waals surface area contributed by atoms with Gasteiger partial charge in [0, 0.05) is 35.8 Å². The van der Waals surface area contributed by atoms with Crippen LogP contribution in [0, 0.1) is 11.6 Å². The first-order valence-electron chi connectivity index (χ1n) is 12.1. The van der Waals surface area contributed by atoms with Crippen molar-refractivity contribution >= 4 is 18.7 Å². The molecule has 3 atom stereocenters. The van der Waals surface area contributed by atoms with Gasteiger partial charge < -0.3 is 10.1 Å². The van der Waals surface area contributed by atoms with Crippen molar-refractivity contribution in [1.29, 1.82) is 0 Å². The predicted molar refractivity (Wildman–Crippen MR) is 136 cm³/mol. The standard InChI is InChI=1S/C27H30F2N4O2S/c1-2-6-19-13-31-26(32-14-19)25(24-12-22(36)15-30-24)33(16-20-11-21(28)9-10-23(20)29)27(34)35-17-18-7-4-3-5-8-18/h3-5,7-11,13-14,22,24-25,30,36H,2,6,12,15-17H2,1H3/t22-,24+,25?/m1/s1. The van der Waals surface area contributed by atoms with E-state index in [0.29, 0.717) is 18.8 Å². The van der Waals surface area contributed by atoms with Gasteiger partial charge in [-0.15, -0.1) is 0 Å². The van der Waals surface area contributed by atoms with Gasteiger partial charge in [-0.3, -0.25) is 4.90 Å². The first-order valence-corrected chi connectivity index (χ1v) is 12.6. The number of hydrogen-bond acceptors (Lipinski definition) is 6.